The summed E-state index contributed by atoms with van der Waals surface area (Å²) in [6, 6.07) is 6.15. The Balaban J connectivity index is 1.11. The van der Waals surface area contributed by atoms with Gasteiger partial charge in [-0.3, -0.25) is 14.7 Å². The second-order valence-corrected chi connectivity index (χ2v) is 11.4. The molecule has 0 spiro atoms. The third-order valence-electron chi connectivity index (χ3n) is 8.53. The van der Waals surface area contributed by atoms with Crippen LogP contribution in [0.25, 0.3) is 10.8 Å². The Morgan fingerprint density at radius 1 is 1.10 bits per heavy atom. The first-order chi connectivity index (χ1) is 20.5. The number of piperidine rings is 1. The SMILES string of the molecule is COc1nc2c(c(N3CCN(C(=O)/C=C/CN4CCC(OC)CC4)CC3)n1)COC(c1cncc3cccc(Cl)c13)C2. The zero-order valence-corrected chi connectivity index (χ0v) is 24.9. The van der Waals surface area contributed by atoms with E-state index in [1.54, 1.807) is 20.3 Å². The normalized spacial score (nSPS) is 20.3. The number of fused-ring (bicyclic) bond motifs is 2. The number of carbonyl (C=O) groups is 1. The summed E-state index contributed by atoms with van der Waals surface area (Å²) in [6.45, 7) is 5.73. The summed E-state index contributed by atoms with van der Waals surface area (Å²) in [5.41, 5.74) is 2.80. The Hall–Kier alpha value is -3.31. The van der Waals surface area contributed by atoms with Crippen LogP contribution < -0.4 is 9.64 Å². The number of likely N-dealkylation sites (tertiary alicyclic amines) is 1. The maximum atomic E-state index is 12.9. The second kappa shape index (κ2) is 12.9. The number of piperazine rings is 1. The highest BCUT2D eigenvalue weighted by Gasteiger charge is 2.31. The summed E-state index contributed by atoms with van der Waals surface area (Å²) in [4.78, 5) is 33.2. The van der Waals surface area contributed by atoms with Gasteiger partial charge in [-0.05, 0) is 18.9 Å². The highest BCUT2D eigenvalue weighted by atomic mass is 35.5. The van der Waals surface area contributed by atoms with Gasteiger partial charge in [0, 0.05) is 105 Å². The van der Waals surface area contributed by atoms with Crippen molar-refractivity contribution >= 4 is 34.1 Å². The van der Waals surface area contributed by atoms with Gasteiger partial charge in [0.2, 0.25) is 5.91 Å². The Morgan fingerprint density at radius 2 is 1.90 bits per heavy atom. The lowest BCUT2D eigenvalue weighted by Crippen LogP contribution is -2.49. The number of amides is 1. The summed E-state index contributed by atoms with van der Waals surface area (Å²) in [6.07, 6.45) is 10.1. The molecule has 0 bridgehead atoms. The van der Waals surface area contributed by atoms with Crippen LogP contribution in [-0.2, 0) is 27.3 Å². The van der Waals surface area contributed by atoms with E-state index in [-0.39, 0.29) is 12.0 Å². The molecular weight excluding hydrogens is 556 g/mol. The molecule has 1 unspecified atom stereocenters. The second-order valence-electron chi connectivity index (χ2n) is 11.0. The fraction of sp³-hybridized carbons (Fsp3) is 0.484. The number of benzene rings is 1. The fourth-order valence-electron chi connectivity index (χ4n) is 6.12. The number of halogens is 1. The lowest BCUT2D eigenvalue weighted by molar-refractivity contribution is -0.126. The number of methoxy groups -OCH3 is 2. The van der Waals surface area contributed by atoms with Gasteiger partial charge in [0.15, 0.2) is 0 Å². The van der Waals surface area contributed by atoms with Gasteiger partial charge in [-0.1, -0.05) is 29.8 Å². The van der Waals surface area contributed by atoms with Gasteiger partial charge in [-0.2, -0.15) is 9.97 Å². The van der Waals surface area contributed by atoms with Crippen LogP contribution >= 0.6 is 11.6 Å². The number of pyridine rings is 1. The smallest absolute Gasteiger partial charge is 0.318 e. The van der Waals surface area contributed by atoms with Gasteiger partial charge in [-0.25, -0.2) is 0 Å². The van der Waals surface area contributed by atoms with Crippen LogP contribution in [0.5, 0.6) is 6.01 Å². The van der Waals surface area contributed by atoms with Crippen molar-refractivity contribution in [3.63, 3.8) is 0 Å². The molecule has 5 heterocycles. The molecule has 11 heteroatoms. The van der Waals surface area contributed by atoms with Crippen molar-refractivity contribution in [1.82, 2.24) is 24.8 Å². The van der Waals surface area contributed by atoms with Gasteiger partial charge < -0.3 is 24.0 Å². The molecule has 2 aromatic heterocycles. The first-order valence-corrected chi connectivity index (χ1v) is 14.9. The number of nitrogens with zero attached hydrogens (tertiary/aromatic N) is 6. The molecule has 0 aliphatic carbocycles. The molecule has 6 rings (SSSR count). The van der Waals surface area contributed by atoms with E-state index in [4.69, 9.17) is 35.8 Å². The topological polar surface area (TPSA) is 93.2 Å². The van der Waals surface area contributed by atoms with E-state index in [1.165, 1.54) is 0 Å². The molecular formula is C31H37ClN6O4. The average Bonchev–Trinajstić information content (AvgIpc) is 3.04. The number of anilines is 1. The van der Waals surface area contributed by atoms with E-state index in [1.807, 2.05) is 41.6 Å². The van der Waals surface area contributed by atoms with Crippen LogP contribution in [0.4, 0.5) is 5.82 Å². The van der Waals surface area contributed by atoms with Crippen molar-refractivity contribution in [3.05, 3.63) is 64.6 Å². The van der Waals surface area contributed by atoms with E-state index in [9.17, 15) is 4.79 Å². The van der Waals surface area contributed by atoms with Crippen LogP contribution in [0.15, 0.2) is 42.7 Å². The molecule has 3 aliphatic heterocycles. The molecule has 3 aromatic rings. The summed E-state index contributed by atoms with van der Waals surface area (Å²) in [5.74, 6) is 0.865. The van der Waals surface area contributed by atoms with Gasteiger partial charge in [0.05, 0.1) is 31.6 Å². The van der Waals surface area contributed by atoms with Crippen LogP contribution in [0.3, 0.4) is 0 Å². The minimum atomic E-state index is -0.242. The third kappa shape index (κ3) is 6.08. The lowest BCUT2D eigenvalue weighted by Gasteiger charge is -2.37. The van der Waals surface area contributed by atoms with Crippen molar-refractivity contribution in [2.45, 2.75) is 38.1 Å². The van der Waals surface area contributed by atoms with Crippen molar-refractivity contribution in [2.75, 3.05) is 64.9 Å². The van der Waals surface area contributed by atoms with Crippen LogP contribution in [0, 0.1) is 0 Å². The maximum Gasteiger partial charge on any atom is 0.318 e. The minimum absolute atomic E-state index is 0.0530. The molecule has 222 valence electrons. The monoisotopic (exact) mass is 592 g/mol. The third-order valence-corrected chi connectivity index (χ3v) is 8.85. The van der Waals surface area contributed by atoms with Crippen LogP contribution in [-0.4, -0.2) is 96.8 Å². The number of carbonyl (C=O) groups excluding carboxylic acids is 1. The molecule has 1 atom stereocenters. The fourth-order valence-corrected chi connectivity index (χ4v) is 6.41. The summed E-state index contributed by atoms with van der Waals surface area (Å²) in [7, 11) is 3.36. The van der Waals surface area contributed by atoms with Gasteiger partial charge in [-0.15, -0.1) is 0 Å². The molecule has 3 aliphatic rings. The minimum Gasteiger partial charge on any atom is -0.467 e. The standard InChI is InChI=1S/C31H37ClN6O4/c1-40-22-8-11-36(12-9-22)10-4-7-28(39)37-13-15-38(16-14-37)30-24-20-42-27(17-26(24)34-31(35-30)41-2)23-19-33-18-21-5-3-6-25(32)29(21)23/h3-7,18-19,22,27H,8-17,20H2,1-2H3/b7-4+. The molecule has 2 fully saturated rings. The predicted octanol–water partition coefficient (Wildman–Crippen LogP) is 3.82. The molecule has 0 radical (unpaired) electrons. The first kappa shape index (κ1) is 28.8. The molecule has 1 amide bonds. The molecule has 2 saturated heterocycles. The molecule has 0 N–H and O–H groups in total. The summed E-state index contributed by atoms with van der Waals surface area (Å²) < 4.78 is 17.3. The summed E-state index contributed by atoms with van der Waals surface area (Å²) >= 11 is 6.59. The summed E-state index contributed by atoms with van der Waals surface area (Å²) in [5, 5.41) is 2.60. The van der Waals surface area contributed by atoms with Crippen LogP contribution in [0.2, 0.25) is 5.02 Å². The number of rotatable bonds is 7. The highest BCUT2D eigenvalue weighted by molar-refractivity contribution is 6.35. The Kier molecular flexibility index (Phi) is 8.85. The van der Waals surface area contributed by atoms with Gasteiger partial charge in [0.25, 0.3) is 0 Å². The molecule has 10 nitrogen and oxygen atoms in total. The van der Waals surface area contributed by atoms with Gasteiger partial charge >= 0.3 is 6.01 Å². The van der Waals surface area contributed by atoms with E-state index in [0.29, 0.717) is 56.3 Å². The van der Waals surface area contributed by atoms with E-state index < -0.39 is 0 Å². The van der Waals surface area contributed by atoms with Crippen molar-refractivity contribution in [1.29, 1.82) is 0 Å². The molecule has 42 heavy (non-hydrogen) atoms. The van der Waals surface area contributed by atoms with E-state index >= 15 is 0 Å². The average molecular weight is 593 g/mol. The largest absolute Gasteiger partial charge is 0.467 e. The Morgan fingerprint density at radius 3 is 2.67 bits per heavy atom. The van der Waals surface area contributed by atoms with Crippen molar-refractivity contribution in [3.8, 4) is 6.01 Å². The predicted molar refractivity (Wildman–Crippen MR) is 161 cm³/mol. The number of ether oxygens (including phenoxy) is 3. The molecule has 0 saturated carbocycles. The van der Waals surface area contributed by atoms with Crippen LogP contribution in [0.1, 0.15) is 35.8 Å². The van der Waals surface area contributed by atoms with E-state index in [0.717, 1.165) is 65.9 Å². The van der Waals surface area contributed by atoms with Gasteiger partial charge in [0.1, 0.15) is 5.82 Å². The number of hydrogen-bond acceptors (Lipinski definition) is 9. The number of hydrogen-bond donors (Lipinski definition) is 0. The van der Waals surface area contributed by atoms with E-state index in [2.05, 4.69) is 14.8 Å². The highest BCUT2D eigenvalue weighted by Crippen LogP contribution is 2.38. The zero-order chi connectivity index (χ0) is 29.1. The lowest BCUT2D eigenvalue weighted by atomic mass is 9.96. The van der Waals surface area contributed by atoms with Crippen molar-refractivity contribution < 1.29 is 19.0 Å². The first-order valence-electron chi connectivity index (χ1n) is 14.6. The molecule has 1 aromatic carbocycles. The van der Waals surface area contributed by atoms with Crippen molar-refractivity contribution in [2.24, 2.45) is 0 Å². The maximum absolute atomic E-state index is 12.9. The Bertz CT molecular complexity index is 1450. The zero-order valence-electron chi connectivity index (χ0n) is 24.2. The Labute approximate surface area is 251 Å². The number of aromatic nitrogens is 3. The quantitative estimate of drug-likeness (QED) is 0.380.